The van der Waals surface area contributed by atoms with Gasteiger partial charge in [0.2, 0.25) is 0 Å². The van der Waals surface area contributed by atoms with Gasteiger partial charge < -0.3 is 10.2 Å². The Balaban J connectivity index is 1.86. The van der Waals surface area contributed by atoms with E-state index in [2.05, 4.69) is 22.2 Å². The van der Waals surface area contributed by atoms with E-state index in [0.29, 0.717) is 23.7 Å². The standard InChI is InChI=1S/C13H16N4O/c1-17-5-4-11(9-17)8-16-13(18)12-3-2-10(6-14)7-15-12/h2-3,7,11H,4-5,8-9H2,1H3,(H,16,18). The van der Waals surface area contributed by atoms with E-state index < -0.39 is 0 Å². The van der Waals surface area contributed by atoms with Gasteiger partial charge in [0, 0.05) is 19.3 Å². The van der Waals surface area contributed by atoms with E-state index >= 15 is 0 Å². The number of amides is 1. The third-order valence-electron chi connectivity index (χ3n) is 3.17. The van der Waals surface area contributed by atoms with Crippen LogP contribution in [0.25, 0.3) is 0 Å². The Bertz CT molecular complexity index is 463. The van der Waals surface area contributed by atoms with Crippen LogP contribution < -0.4 is 5.32 Å². The lowest BCUT2D eigenvalue weighted by atomic mass is 10.1. The van der Waals surface area contributed by atoms with Gasteiger partial charge in [-0.1, -0.05) is 0 Å². The predicted octanol–water partition coefficient (Wildman–Crippen LogP) is 0.635. The molecular weight excluding hydrogens is 228 g/mol. The first-order valence-corrected chi connectivity index (χ1v) is 6.02. The second kappa shape index (κ2) is 5.61. The molecule has 1 aromatic rings. The zero-order valence-electron chi connectivity index (χ0n) is 10.4. The molecule has 94 valence electrons. The first kappa shape index (κ1) is 12.5. The lowest BCUT2D eigenvalue weighted by molar-refractivity contribution is 0.0942. The van der Waals surface area contributed by atoms with E-state index in [1.807, 2.05) is 6.07 Å². The van der Waals surface area contributed by atoms with Crippen molar-refractivity contribution in [2.45, 2.75) is 6.42 Å². The van der Waals surface area contributed by atoms with Gasteiger partial charge in [-0.3, -0.25) is 4.79 Å². The number of carbonyl (C=O) groups is 1. The summed E-state index contributed by atoms with van der Waals surface area (Å²) in [5.74, 6) is 0.353. The van der Waals surface area contributed by atoms with Gasteiger partial charge in [0.05, 0.1) is 5.56 Å². The molecule has 0 aliphatic carbocycles. The summed E-state index contributed by atoms with van der Waals surface area (Å²) in [4.78, 5) is 18.0. The first-order chi connectivity index (χ1) is 8.69. The second-order valence-electron chi connectivity index (χ2n) is 4.67. The second-order valence-corrected chi connectivity index (χ2v) is 4.67. The van der Waals surface area contributed by atoms with Gasteiger partial charge in [0.25, 0.3) is 5.91 Å². The predicted molar refractivity (Wildman–Crippen MR) is 66.9 cm³/mol. The Morgan fingerprint density at radius 2 is 2.50 bits per heavy atom. The molecule has 0 aromatic carbocycles. The van der Waals surface area contributed by atoms with Crippen LogP contribution in [-0.2, 0) is 0 Å². The summed E-state index contributed by atoms with van der Waals surface area (Å²) in [6.45, 7) is 2.81. The first-order valence-electron chi connectivity index (χ1n) is 6.02. The van der Waals surface area contributed by atoms with Gasteiger partial charge >= 0.3 is 0 Å². The van der Waals surface area contributed by atoms with Crippen LogP contribution in [0.2, 0.25) is 0 Å². The van der Waals surface area contributed by atoms with Crippen molar-refractivity contribution < 1.29 is 4.79 Å². The summed E-state index contributed by atoms with van der Waals surface area (Å²) >= 11 is 0. The normalized spacial score (nSPS) is 19.4. The SMILES string of the molecule is CN1CCC(CNC(=O)c2ccc(C#N)cn2)C1. The van der Waals surface area contributed by atoms with Gasteiger partial charge in [0.1, 0.15) is 11.8 Å². The van der Waals surface area contributed by atoms with Crippen LogP contribution in [0.3, 0.4) is 0 Å². The molecule has 1 amide bonds. The van der Waals surface area contributed by atoms with Gasteiger partial charge in [-0.15, -0.1) is 0 Å². The van der Waals surface area contributed by atoms with E-state index in [-0.39, 0.29) is 5.91 Å². The van der Waals surface area contributed by atoms with Gasteiger partial charge in [0.15, 0.2) is 0 Å². The molecule has 2 heterocycles. The van der Waals surface area contributed by atoms with Gasteiger partial charge in [-0.05, 0) is 38.1 Å². The molecule has 1 atom stereocenters. The summed E-state index contributed by atoms with van der Waals surface area (Å²) in [6.07, 6.45) is 2.54. The molecule has 0 bridgehead atoms. The van der Waals surface area contributed by atoms with Crippen molar-refractivity contribution in [3.05, 3.63) is 29.6 Å². The Labute approximate surface area is 106 Å². The lowest BCUT2D eigenvalue weighted by Crippen LogP contribution is -2.31. The summed E-state index contributed by atoms with van der Waals surface area (Å²) in [7, 11) is 2.09. The fourth-order valence-electron chi connectivity index (χ4n) is 2.11. The Morgan fingerprint density at radius 3 is 3.06 bits per heavy atom. The number of nitrogens with zero attached hydrogens (tertiary/aromatic N) is 3. The number of nitriles is 1. The number of nitrogens with one attached hydrogen (secondary N) is 1. The number of carbonyl (C=O) groups excluding carboxylic acids is 1. The van der Waals surface area contributed by atoms with E-state index in [1.165, 1.54) is 6.20 Å². The third kappa shape index (κ3) is 3.05. The topological polar surface area (TPSA) is 69.0 Å². The molecule has 0 radical (unpaired) electrons. The summed E-state index contributed by atoms with van der Waals surface area (Å²) < 4.78 is 0. The zero-order chi connectivity index (χ0) is 13.0. The maximum Gasteiger partial charge on any atom is 0.269 e. The molecule has 0 saturated carbocycles. The maximum atomic E-state index is 11.8. The van der Waals surface area contributed by atoms with Crippen LogP contribution >= 0.6 is 0 Å². The number of aromatic nitrogens is 1. The summed E-state index contributed by atoms with van der Waals surface area (Å²) in [5, 5.41) is 11.5. The smallest absolute Gasteiger partial charge is 0.269 e. The molecule has 1 aliphatic heterocycles. The number of rotatable bonds is 3. The van der Waals surface area contributed by atoms with E-state index in [1.54, 1.807) is 12.1 Å². The molecule has 5 heteroatoms. The largest absolute Gasteiger partial charge is 0.350 e. The maximum absolute atomic E-state index is 11.8. The third-order valence-corrected chi connectivity index (χ3v) is 3.17. The Hall–Kier alpha value is -1.93. The highest BCUT2D eigenvalue weighted by Crippen LogP contribution is 2.12. The molecule has 1 aliphatic rings. The fourth-order valence-corrected chi connectivity index (χ4v) is 2.11. The van der Waals surface area contributed by atoms with Crippen LogP contribution in [-0.4, -0.2) is 42.5 Å². The average molecular weight is 244 g/mol. The molecule has 1 unspecified atom stereocenters. The average Bonchev–Trinajstić information content (AvgIpc) is 2.82. The van der Waals surface area contributed by atoms with Crippen molar-refractivity contribution in [1.29, 1.82) is 5.26 Å². The van der Waals surface area contributed by atoms with Crippen LogP contribution in [0.4, 0.5) is 0 Å². The fraction of sp³-hybridized carbons (Fsp3) is 0.462. The number of hydrogen-bond donors (Lipinski definition) is 1. The number of pyridine rings is 1. The van der Waals surface area contributed by atoms with Crippen LogP contribution in [0.1, 0.15) is 22.5 Å². The van der Waals surface area contributed by atoms with E-state index in [0.717, 1.165) is 19.5 Å². The monoisotopic (exact) mass is 244 g/mol. The molecule has 5 nitrogen and oxygen atoms in total. The van der Waals surface area contributed by atoms with Crippen molar-refractivity contribution in [1.82, 2.24) is 15.2 Å². The molecule has 1 N–H and O–H groups in total. The van der Waals surface area contributed by atoms with Crippen LogP contribution in [0, 0.1) is 17.2 Å². The molecule has 1 aromatic heterocycles. The minimum absolute atomic E-state index is 0.172. The minimum Gasteiger partial charge on any atom is -0.350 e. The highest BCUT2D eigenvalue weighted by atomic mass is 16.1. The van der Waals surface area contributed by atoms with Gasteiger partial charge in [-0.2, -0.15) is 5.26 Å². The van der Waals surface area contributed by atoms with Crippen molar-refractivity contribution in [2.24, 2.45) is 5.92 Å². The number of likely N-dealkylation sites (tertiary alicyclic amines) is 1. The molecule has 1 fully saturated rings. The van der Waals surface area contributed by atoms with Crippen molar-refractivity contribution in [3.63, 3.8) is 0 Å². The van der Waals surface area contributed by atoms with Crippen LogP contribution in [0.5, 0.6) is 0 Å². The van der Waals surface area contributed by atoms with Crippen molar-refractivity contribution in [2.75, 3.05) is 26.7 Å². The molecule has 18 heavy (non-hydrogen) atoms. The Morgan fingerprint density at radius 1 is 1.67 bits per heavy atom. The quantitative estimate of drug-likeness (QED) is 0.847. The zero-order valence-corrected chi connectivity index (χ0v) is 10.4. The van der Waals surface area contributed by atoms with Crippen LogP contribution in [0.15, 0.2) is 18.3 Å². The van der Waals surface area contributed by atoms with Gasteiger partial charge in [-0.25, -0.2) is 4.98 Å². The molecule has 2 rings (SSSR count). The highest BCUT2D eigenvalue weighted by molar-refractivity contribution is 5.92. The Kier molecular flexibility index (Phi) is 3.90. The minimum atomic E-state index is -0.172. The van der Waals surface area contributed by atoms with E-state index in [9.17, 15) is 4.79 Å². The van der Waals surface area contributed by atoms with E-state index in [4.69, 9.17) is 5.26 Å². The lowest BCUT2D eigenvalue weighted by Gasteiger charge is -2.11. The number of hydrogen-bond acceptors (Lipinski definition) is 4. The molecule has 1 saturated heterocycles. The van der Waals surface area contributed by atoms with Crippen molar-refractivity contribution in [3.8, 4) is 6.07 Å². The summed E-state index contributed by atoms with van der Waals surface area (Å²) in [5.41, 5.74) is 0.823. The molecular formula is C13H16N4O. The molecule has 0 spiro atoms. The summed E-state index contributed by atoms with van der Waals surface area (Å²) in [6, 6.07) is 5.16. The van der Waals surface area contributed by atoms with Crippen molar-refractivity contribution >= 4 is 5.91 Å². The highest BCUT2D eigenvalue weighted by Gasteiger charge is 2.20.